The van der Waals surface area contributed by atoms with Crippen molar-refractivity contribution in [2.75, 3.05) is 7.05 Å². The van der Waals surface area contributed by atoms with E-state index in [1.54, 1.807) is 11.1 Å². The number of amides is 1. The largest absolute Gasteiger partial charge is 0.355 e. The average molecular weight is 318 g/mol. The number of benzene rings is 1. The van der Waals surface area contributed by atoms with Gasteiger partial charge in [0.25, 0.3) is 0 Å². The maximum absolute atomic E-state index is 11.6. The zero-order valence-corrected chi connectivity index (χ0v) is 13.1. The average Bonchev–Trinajstić information content (AvgIpc) is 2.91. The van der Waals surface area contributed by atoms with Gasteiger partial charge in [0.2, 0.25) is 12.2 Å². The molecule has 1 aromatic carbocycles. The van der Waals surface area contributed by atoms with Crippen LogP contribution in [0.15, 0.2) is 52.3 Å². The Labute approximate surface area is 134 Å². The van der Waals surface area contributed by atoms with Gasteiger partial charge in [0.05, 0.1) is 0 Å². The summed E-state index contributed by atoms with van der Waals surface area (Å²) in [7, 11) is 1.96. The minimum Gasteiger partial charge on any atom is -0.355 e. The summed E-state index contributed by atoms with van der Waals surface area (Å²) in [4.78, 5) is 19.4. The van der Waals surface area contributed by atoms with Crippen molar-refractivity contribution in [1.82, 2.24) is 14.8 Å². The van der Waals surface area contributed by atoms with Gasteiger partial charge in [-0.1, -0.05) is 41.9 Å². The quantitative estimate of drug-likeness (QED) is 0.857. The number of rotatable bonds is 3. The summed E-state index contributed by atoms with van der Waals surface area (Å²) in [5, 5.41) is 6.32. The molecule has 2 heterocycles. The van der Waals surface area contributed by atoms with Crippen molar-refractivity contribution in [2.45, 2.75) is 19.8 Å². The lowest BCUT2D eigenvalue weighted by Crippen LogP contribution is -2.45. The molecule has 0 N–H and O–H groups in total. The molecular formula is C15H16ClN5O. The fourth-order valence-electron chi connectivity index (χ4n) is 2.43. The Morgan fingerprint density at radius 1 is 1.36 bits per heavy atom. The molecule has 0 saturated carbocycles. The van der Waals surface area contributed by atoms with Crippen LogP contribution in [0, 0.1) is 0 Å². The van der Waals surface area contributed by atoms with Gasteiger partial charge < -0.3 is 4.90 Å². The number of carbonyl (C=O) groups excluding carboxylic acids is 1. The molecule has 22 heavy (non-hydrogen) atoms. The molecule has 1 unspecified atom stereocenters. The summed E-state index contributed by atoms with van der Waals surface area (Å²) in [6, 6.07) is 10.1. The molecule has 2 aliphatic heterocycles. The molecule has 0 aliphatic carbocycles. The maximum atomic E-state index is 11.6. The van der Waals surface area contributed by atoms with Gasteiger partial charge in [-0.2, -0.15) is 5.10 Å². The summed E-state index contributed by atoms with van der Waals surface area (Å²) >= 11 is 6.12. The molecule has 3 rings (SSSR count). The van der Waals surface area contributed by atoms with E-state index in [4.69, 9.17) is 11.6 Å². The topological polar surface area (TPSA) is 51.5 Å². The van der Waals surface area contributed by atoms with Gasteiger partial charge >= 0.3 is 0 Å². The second-order valence-corrected chi connectivity index (χ2v) is 5.53. The minimum absolute atomic E-state index is 0.128. The number of nitrogens with zero attached hydrogens (tertiary/aromatic N) is 5. The fourth-order valence-corrected chi connectivity index (χ4v) is 2.62. The lowest BCUT2D eigenvalue weighted by Gasteiger charge is -2.34. The Hall–Kier alpha value is -2.34. The Morgan fingerprint density at radius 3 is 2.77 bits per heavy atom. The number of carbonyl (C=O) groups is 1. The lowest BCUT2D eigenvalue weighted by atomic mass is 10.2. The van der Waals surface area contributed by atoms with Crippen LogP contribution in [0.5, 0.6) is 0 Å². The molecule has 0 saturated heterocycles. The molecule has 7 heteroatoms. The second kappa shape index (κ2) is 5.81. The number of halogens is 1. The summed E-state index contributed by atoms with van der Waals surface area (Å²) in [6.07, 6.45) is 2.70. The van der Waals surface area contributed by atoms with Crippen LogP contribution < -0.4 is 0 Å². The van der Waals surface area contributed by atoms with E-state index in [0.29, 0.717) is 11.7 Å². The summed E-state index contributed by atoms with van der Waals surface area (Å²) in [5.41, 5.74) is 1.17. The molecule has 6 nitrogen and oxygen atoms in total. The summed E-state index contributed by atoms with van der Waals surface area (Å²) in [5.74, 6) is 0.672. The molecule has 0 aromatic heterocycles. The van der Waals surface area contributed by atoms with Gasteiger partial charge in [-0.3, -0.25) is 9.69 Å². The molecule has 1 amide bonds. The first-order chi connectivity index (χ1) is 10.6. The van der Waals surface area contributed by atoms with Crippen molar-refractivity contribution in [3.05, 3.63) is 47.8 Å². The van der Waals surface area contributed by atoms with E-state index in [1.807, 2.05) is 30.1 Å². The number of hydrogen-bond donors (Lipinski definition) is 0. The molecule has 0 spiro atoms. The summed E-state index contributed by atoms with van der Waals surface area (Å²) in [6.45, 7) is 2.18. The SMILES string of the molecule is CC(=O)N1C=NN2C(N(C)Cc3ccccc3)=CC(Cl)=NC12. The third-order valence-corrected chi connectivity index (χ3v) is 3.71. The van der Waals surface area contributed by atoms with E-state index in [9.17, 15) is 4.79 Å². The third kappa shape index (κ3) is 2.69. The molecule has 0 radical (unpaired) electrons. The van der Waals surface area contributed by atoms with Gasteiger partial charge in [-0.05, 0) is 5.56 Å². The van der Waals surface area contributed by atoms with E-state index in [1.165, 1.54) is 23.7 Å². The predicted octanol–water partition coefficient (Wildman–Crippen LogP) is 2.00. The highest BCUT2D eigenvalue weighted by molar-refractivity contribution is 6.68. The highest BCUT2D eigenvalue weighted by Crippen LogP contribution is 2.27. The van der Waals surface area contributed by atoms with Gasteiger partial charge in [0, 0.05) is 26.6 Å². The van der Waals surface area contributed by atoms with Crippen molar-refractivity contribution in [3.8, 4) is 0 Å². The van der Waals surface area contributed by atoms with Crippen molar-refractivity contribution in [2.24, 2.45) is 10.1 Å². The van der Waals surface area contributed by atoms with E-state index in [0.717, 1.165) is 5.82 Å². The van der Waals surface area contributed by atoms with Gasteiger partial charge in [-0.25, -0.2) is 10.0 Å². The van der Waals surface area contributed by atoms with Crippen LogP contribution in [0.3, 0.4) is 0 Å². The maximum Gasteiger partial charge on any atom is 0.229 e. The highest BCUT2D eigenvalue weighted by atomic mass is 35.5. The van der Waals surface area contributed by atoms with Crippen LogP contribution in [0.25, 0.3) is 0 Å². The number of hydrogen-bond acceptors (Lipinski definition) is 5. The smallest absolute Gasteiger partial charge is 0.229 e. The first kappa shape index (κ1) is 14.6. The number of fused-ring (bicyclic) bond motifs is 1. The van der Waals surface area contributed by atoms with E-state index in [2.05, 4.69) is 22.2 Å². The normalized spacial score (nSPS) is 19.7. The lowest BCUT2D eigenvalue weighted by molar-refractivity contribution is -0.127. The monoisotopic (exact) mass is 317 g/mol. The molecular weight excluding hydrogens is 302 g/mol. The van der Waals surface area contributed by atoms with E-state index >= 15 is 0 Å². The summed E-state index contributed by atoms with van der Waals surface area (Å²) < 4.78 is 0. The number of hydrazone groups is 1. The van der Waals surface area contributed by atoms with Crippen LogP contribution >= 0.6 is 11.6 Å². The molecule has 1 atom stereocenters. The second-order valence-electron chi connectivity index (χ2n) is 5.14. The van der Waals surface area contributed by atoms with Crippen molar-refractivity contribution in [1.29, 1.82) is 0 Å². The Morgan fingerprint density at radius 2 is 2.09 bits per heavy atom. The zero-order valence-electron chi connectivity index (χ0n) is 12.3. The predicted molar refractivity (Wildman–Crippen MR) is 85.9 cm³/mol. The molecule has 114 valence electrons. The molecule has 2 aliphatic rings. The van der Waals surface area contributed by atoms with Crippen LogP contribution in [0.2, 0.25) is 0 Å². The fraction of sp³-hybridized carbons (Fsp3) is 0.267. The van der Waals surface area contributed by atoms with Crippen LogP contribution in [-0.2, 0) is 11.3 Å². The first-order valence-electron chi connectivity index (χ1n) is 6.88. The van der Waals surface area contributed by atoms with Crippen molar-refractivity contribution in [3.63, 3.8) is 0 Å². The van der Waals surface area contributed by atoms with E-state index < -0.39 is 6.29 Å². The van der Waals surface area contributed by atoms with Gasteiger partial charge in [-0.15, -0.1) is 0 Å². The molecule has 0 bridgehead atoms. The first-order valence-corrected chi connectivity index (χ1v) is 7.26. The molecule has 1 aromatic rings. The number of allylic oxidation sites excluding steroid dienone is 1. The van der Waals surface area contributed by atoms with Crippen LogP contribution in [0.1, 0.15) is 12.5 Å². The van der Waals surface area contributed by atoms with Crippen LogP contribution in [0.4, 0.5) is 0 Å². The Bertz CT molecular complexity index is 670. The Kier molecular flexibility index (Phi) is 3.85. The Balaban J connectivity index is 1.83. The van der Waals surface area contributed by atoms with Gasteiger partial charge in [0.15, 0.2) is 0 Å². The zero-order chi connectivity index (χ0) is 15.7. The minimum atomic E-state index is -0.539. The standard InChI is InChI=1S/C15H16ClN5O/c1-11(22)20-10-17-21-14(8-13(16)18-15(20)21)19(2)9-12-6-4-3-5-7-12/h3-8,10,15H,9H2,1-2H3. The third-order valence-electron chi connectivity index (χ3n) is 3.51. The molecule has 0 fully saturated rings. The van der Waals surface area contributed by atoms with Crippen LogP contribution in [-0.4, -0.2) is 45.6 Å². The van der Waals surface area contributed by atoms with E-state index in [-0.39, 0.29) is 5.91 Å². The van der Waals surface area contributed by atoms with Gasteiger partial charge in [0.1, 0.15) is 17.3 Å². The van der Waals surface area contributed by atoms with Crippen molar-refractivity contribution < 1.29 is 4.79 Å². The number of aliphatic imine (C=N–C) groups is 1. The highest BCUT2D eigenvalue weighted by Gasteiger charge is 2.36. The van der Waals surface area contributed by atoms with Crippen molar-refractivity contribution >= 4 is 29.0 Å².